The number of likely N-dealkylation sites (tertiary alicyclic amines) is 1. The number of hydrogen-bond donors (Lipinski definition) is 1. The molecule has 1 aromatic carbocycles. The Morgan fingerprint density at radius 2 is 1.94 bits per heavy atom. The van der Waals surface area contributed by atoms with Gasteiger partial charge < -0.3 is 10.1 Å². The highest BCUT2D eigenvalue weighted by Gasteiger charge is 2.51. The Kier molecular flexibility index (Phi) is 5.73. The van der Waals surface area contributed by atoms with Crippen LogP contribution in [0.2, 0.25) is 0 Å². The van der Waals surface area contributed by atoms with Gasteiger partial charge in [-0.3, -0.25) is 9.69 Å². The monoisotopic (exact) mass is 455 g/mol. The third-order valence-corrected chi connectivity index (χ3v) is 7.32. The summed E-state index contributed by atoms with van der Waals surface area (Å²) in [5.41, 5.74) is -1.92. The number of hydrogen-bond acceptors (Lipinski definition) is 6. The molecule has 11 heteroatoms. The Balaban J connectivity index is 1.90. The van der Waals surface area contributed by atoms with Gasteiger partial charge in [0, 0.05) is 12.6 Å². The summed E-state index contributed by atoms with van der Waals surface area (Å²) in [6, 6.07) is 2.88. The zero-order valence-electron chi connectivity index (χ0n) is 17.3. The first kappa shape index (κ1) is 22.9. The zero-order valence-corrected chi connectivity index (χ0v) is 18.1. The van der Waals surface area contributed by atoms with Crippen molar-refractivity contribution in [3.8, 4) is 6.07 Å². The van der Waals surface area contributed by atoms with Gasteiger partial charge in [-0.25, -0.2) is 22.0 Å². The quantitative estimate of drug-likeness (QED) is 0.697. The number of halogens is 2. The molecule has 1 aliphatic carbocycles. The topological polar surface area (TPSA) is 117 Å². The minimum atomic E-state index is -4.33. The first-order valence-corrected chi connectivity index (χ1v) is 11.2. The molecule has 1 saturated carbocycles. The van der Waals surface area contributed by atoms with Crippen LogP contribution in [0.5, 0.6) is 0 Å². The van der Waals surface area contributed by atoms with Gasteiger partial charge in [-0.05, 0) is 52.2 Å². The molecular weight excluding hydrogens is 432 g/mol. The summed E-state index contributed by atoms with van der Waals surface area (Å²) in [6.45, 7) is 4.44. The number of nitriles is 1. The maximum atomic E-state index is 14.2. The van der Waals surface area contributed by atoms with E-state index in [1.807, 2.05) is 6.07 Å². The van der Waals surface area contributed by atoms with E-state index in [9.17, 15) is 32.0 Å². The molecule has 0 radical (unpaired) electrons. The minimum Gasteiger partial charge on any atom is -0.444 e. The van der Waals surface area contributed by atoms with Gasteiger partial charge in [0.25, 0.3) is 0 Å². The van der Waals surface area contributed by atoms with Crippen molar-refractivity contribution in [1.29, 1.82) is 5.26 Å². The number of nitrogens with one attached hydrogen (secondary N) is 1. The van der Waals surface area contributed by atoms with Gasteiger partial charge >= 0.3 is 6.09 Å². The number of benzene rings is 1. The lowest BCUT2D eigenvalue weighted by Gasteiger charge is -2.28. The number of rotatable bonds is 4. The van der Waals surface area contributed by atoms with Gasteiger partial charge in [0.15, 0.2) is 9.84 Å². The van der Waals surface area contributed by atoms with Crippen molar-refractivity contribution in [3.05, 3.63) is 29.8 Å². The number of carbonyl (C=O) groups excluding carboxylic acids is 2. The van der Waals surface area contributed by atoms with Crippen molar-refractivity contribution in [2.45, 2.75) is 67.4 Å². The summed E-state index contributed by atoms with van der Waals surface area (Å²) < 4.78 is 58.7. The van der Waals surface area contributed by atoms with Crippen LogP contribution in [0.15, 0.2) is 23.1 Å². The molecule has 1 N–H and O–H groups in total. The second-order valence-corrected chi connectivity index (χ2v) is 11.0. The van der Waals surface area contributed by atoms with Crippen LogP contribution in [0.3, 0.4) is 0 Å². The Morgan fingerprint density at radius 3 is 2.45 bits per heavy atom. The average Bonchev–Trinajstić information content (AvgIpc) is 3.25. The number of carbonyl (C=O) groups is 2. The van der Waals surface area contributed by atoms with E-state index < -0.39 is 67.3 Å². The van der Waals surface area contributed by atoms with Crippen molar-refractivity contribution >= 4 is 21.8 Å². The lowest BCUT2D eigenvalue weighted by molar-refractivity contribution is -0.126. The molecule has 168 valence electrons. The Bertz CT molecular complexity index is 1060. The van der Waals surface area contributed by atoms with E-state index in [-0.39, 0.29) is 6.42 Å². The molecule has 2 fully saturated rings. The fraction of sp³-hybridized carbons (Fsp3) is 0.550. The zero-order chi connectivity index (χ0) is 23.2. The summed E-state index contributed by atoms with van der Waals surface area (Å²) in [5.74, 6) is -2.86. The number of sulfone groups is 1. The molecule has 3 rings (SSSR count). The summed E-state index contributed by atoms with van der Waals surface area (Å²) in [6.07, 6.45) is -0.300. The van der Waals surface area contributed by atoms with E-state index in [0.29, 0.717) is 18.9 Å². The molecule has 2 atom stereocenters. The molecule has 31 heavy (non-hydrogen) atoms. The molecular formula is C20H23F2N3O5S. The predicted octanol–water partition coefficient (Wildman–Crippen LogP) is 2.29. The summed E-state index contributed by atoms with van der Waals surface area (Å²) >= 11 is 0. The van der Waals surface area contributed by atoms with E-state index in [2.05, 4.69) is 5.32 Å². The molecule has 0 spiro atoms. The first-order chi connectivity index (χ1) is 14.3. The predicted molar refractivity (Wildman–Crippen MR) is 104 cm³/mol. The Labute approximate surface area is 179 Å². The molecule has 0 bridgehead atoms. The van der Waals surface area contributed by atoms with Crippen LogP contribution in [-0.2, 0) is 19.4 Å². The van der Waals surface area contributed by atoms with Crippen molar-refractivity contribution < 1.29 is 31.5 Å². The van der Waals surface area contributed by atoms with Crippen LogP contribution in [0, 0.1) is 23.0 Å². The standard InChI is InChI=1S/C20H23F2N3O5S/c1-19(2,3)30-18(27)25-10-13(9-15(25)17(26)24-20(11-23)6-7-20)31(28,29)16-5-4-12(21)8-14(16)22/h4-5,8,13,15H,6-7,9-10H2,1-3H3,(H,24,26). The lowest BCUT2D eigenvalue weighted by Crippen LogP contribution is -2.50. The second-order valence-electron chi connectivity index (χ2n) is 8.81. The smallest absolute Gasteiger partial charge is 0.411 e. The molecule has 1 saturated heterocycles. The lowest BCUT2D eigenvalue weighted by atomic mass is 10.2. The largest absolute Gasteiger partial charge is 0.444 e. The van der Waals surface area contributed by atoms with E-state index >= 15 is 0 Å². The summed E-state index contributed by atoms with van der Waals surface area (Å²) in [4.78, 5) is 25.8. The van der Waals surface area contributed by atoms with E-state index in [0.717, 1.165) is 17.0 Å². The van der Waals surface area contributed by atoms with Crippen LogP contribution in [0.4, 0.5) is 13.6 Å². The molecule has 2 unspecified atom stereocenters. The minimum absolute atomic E-state index is 0.314. The Hall–Kier alpha value is -2.74. The average molecular weight is 455 g/mol. The maximum absolute atomic E-state index is 14.2. The molecule has 1 aliphatic heterocycles. The van der Waals surface area contributed by atoms with Gasteiger partial charge in [-0.2, -0.15) is 5.26 Å². The third-order valence-electron chi connectivity index (χ3n) is 5.16. The molecule has 2 aliphatic rings. The van der Waals surface area contributed by atoms with Gasteiger partial charge in [-0.1, -0.05) is 0 Å². The van der Waals surface area contributed by atoms with Crippen LogP contribution < -0.4 is 5.32 Å². The first-order valence-electron chi connectivity index (χ1n) is 9.70. The van der Waals surface area contributed by atoms with Crippen LogP contribution in [-0.4, -0.2) is 54.3 Å². The highest BCUT2D eigenvalue weighted by atomic mass is 32.2. The van der Waals surface area contributed by atoms with E-state index in [1.165, 1.54) is 0 Å². The van der Waals surface area contributed by atoms with E-state index in [1.54, 1.807) is 20.8 Å². The second kappa shape index (κ2) is 7.75. The van der Waals surface area contributed by atoms with Gasteiger partial charge in [0.2, 0.25) is 5.91 Å². The van der Waals surface area contributed by atoms with Crippen molar-refractivity contribution in [2.24, 2.45) is 0 Å². The molecule has 8 nitrogen and oxygen atoms in total. The fourth-order valence-electron chi connectivity index (χ4n) is 3.39. The summed E-state index contributed by atoms with van der Waals surface area (Å²) in [7, 11) is -4.33. The molecule has 0 aromatic heterocycles. The molecule has 2 amide bonds. The maximum Gasteiger partial charge on any atom is 0.411 e. The molecule has 1 heterocycles. The highest BCUT2D eigenvalue weighted by molar-refractivity contribution is 7.92. The SMILES string of the molecule is CC(C)(C)OC(=O)N1CC(S(=O)(=O)c2ccc(F)cc2F)CC1C(=O)NC1(C#N)CC1. The third kappa shape index (κ3) is 4.79. The number of nitrogens with zero attached hydrogens (tertiary/aromatic N) is 2. The normalized spacial score (nSPS) is 22.5. The van der Waals surface area contributed by atoms with Crippen LogP contribution in [0.1, 0.15) is 40.0 Å². The van der Waals surface area contributed by atoms with Crippen LogP contribution in [0.25, 0.3) is 0 Å². The number of ether oxygens (including phenoxy) is 1. The number of amides is 2. The molecule has 1 aromatic rings. The Morgan fingerprint density at radius 1 is 1.29 bits per heavy atom. The highest BCUT2D eigenvalue weighted by Crippen LogP contribution is 2.36. The van der Waals surface area contributed by atoms with Crippen molar-refractivity contribution in [3.63, 3.8) is 0 Å². The fourth-order valence-corrected chi connectivity index (χ4v) is 5.13. The van der Waals surface area contributed by atoms with Crippen molar-refractivity contribution in [1.82, 2.24) is 10.2 Å². The van der Waals surface area contributed by atoms with Gasteiger partial charge in [0.1, 0.15) is 33.7 Å². The van der Waals surface area contributed by atoms with Gasteiger partial charge in [-0.15, -0.1) is 0 Å². The summed E-state index contributed by atoms with van der Waals surface area (Å²) in [5, 5.41) is 10.5. The van der Waals surface area contributed by atoms with Crippen molar-refractivity contribution in [2.75, 3.05) is 6.54 Å². The van der Waals surface area contributed by atoms with Crippen LogP contribution >= 0.6 is 0 Å². The van der Waals surface area contributed by atoms with E-state index in [4.69, 9.17) is 4.74 Å². The van der Waals surface area contributed by atoms with Gasteiger partial charge in [0.05, 0.1) is 11.3 Å².